The summed E-state index contributed by atoms with van der Waals surface area (Å²) in [5.41, 5.74) is 1.20. The fourth-order valence-electron chi connectivity index (χ4n) is 2.12. The minimum Gasteiger partial charge on any atom is -0.490 e. The van der Waals surface area contributed by atoms with Gasteiger partial charge in [0, 0.05) is 25.2 Å². The Labute approximate surface area is 124 Å². The molecule has 5 heteroatoms. The van der Waals surface area contributed by atoms with Crippen LogP contribution in [-0.2, 0) is 13.6 Å². The molecule has 112 valence electrons. The third-order valence-electron chi connectivity index (χ3n) is 3.42. The van der Waals surface area contributed by atoms with E-state index in [9.17, 15) is 0 Å². The number of hydrogen-bond donors (Lipinski definition) is 1. The average molecular weight is 287 g/mol. The monoisotopic (exact) mass is 287 g/mol. The molecule has 0 amide bonds. The van der Waals surface area contributed by atoms with Crippen molar-refractivity contribution < 1.29 is 9.47 Å². The van der Waals surface area contributed by atoms with Crippen LogP contribution in [0.1, 0.15) is 18.4 Å². The first-order valence-electron chi connectivity index (χ1n) is 7.37. The van der Waals surface area contributed by atoms with Gasteiger partial charge in [-0.3, -0.25) is 4.68 Å². The van der Waals surface area contributed by atoms with E-state index in [1.807, 2.05) is 31.4 Å². The summed E-state index contributed by atoms with van der Waals surface area (Å²) in [6.45, 7) is 1.90. The van der Waals surface area contributed by atoms with Gasteiger partial charge in [0.2, 0.25) is 0 Å². The highest BCUT2D eigenvalue weighted by atomic mass is 16.5. The molecule has 1 N–H and O–H groups in total. The van der Waals surface area contributed by atoms with Crippen LogP contribution in [0.25, 0.3) is 0 Å². The van der Waals surface area contributed by atoms with Gasteiger partial charge >= 0.3 is 0 Å². The molecular weight excluding hydrogens is 266 g/mol. The quantitative estimate of drug-likeness (QED) is 0.756. The van der Waals surface area contributed by atoms with Crippen molar-refractivity contribution in [3.63, 3.8) is 0 Å². The van der Waals surface area contributed by atoms with Crippen LogP contribution in [0.4, 0.5) is 0 Å². The Balaban J connectivity index is 1.45. The second kappa shape index (κ2) is 6.63. The van der Waals surface area contributed by atoms with Gasteiger partial charge in [0.25, 0.3) is 0 Å². The molecule has 5 nitrogen and oxygen atoms in total. The fourth-order valence-corrected chi connectivity index (χ4v) is 2.12. The molecular formula is C16H21N3O2. The van der Waals surface area contributed by atoms with Crippen molar-refractivity contribution in [3.05, 3.63) is 42.2 Å². The summed E-state index contributed by atoms with van der Waals surface area (Å²) in [6, 6.07) is 8.86. The molecule has 0 aliphatic heterocycles. The molecule has 2 aromatic rings. The van der Waals surface area contributed by atoms with Crippen LogP contribution in [0.5, 0.6) is 11.5 Å². The SMILES string of the molecule is Cn1cc(OCCOc2ccccc2CNC2CC2)cn1. The van der Waals surface area contributed by atoms with Gasteiger partial charge < -0.3 is 14.8 Å². The zero-order valence-electron chi connectivity index (χ0n) is 12.3. The van der Waals surface area contributed by atoms with E-state index < -0.39 is 0 Å². The molecule has 0 spiro atoms. The van der Waals surface area contributed by atoms with Crippen LogP contribution in [0.2, 0.25) is 0 Å². The van der Waals surface area contributed by atoms with E-state index in [0.29, 0.717) is 19.3 Å². The lowest BCUT2D eigenvalue weighted by Gasteiger charge is -2.12. The second-order valence-corrected chi connectivity index (χ2v) is 5.31. The zero-order valence-corrected chi connectivity index (χ0v) is 12.3. The van der Waals surface area contributed by atoms with E-state index in [4.69, 9.17) is 9.47 Å². The number of ether oxygens (including phenoxy) is 2. The topological polar surface area (TPSA) is 48.3 Å². The van der Waals surface area contributed by atoms with Gasteiger partial charge in [0.05, 0.1) is 12.4 Å². The summed E-state index contributed by atoms with van der Waals surface area (Å²) < 4.78 is 13.1. The van der Waals surface area contributed by atoms with E-state index in [0.717, 1.165) is 18.0 Å². The molecule has 1 aromatic carbocycles. The first-order valence-corrected chi connectivity index (χ1v) is 7.37. The van der Waals surface area contributed by atoms with Crippen molar-refractivity contribution in [2.45, 2.75) is 25.4 Å². The van der Waals surface area contributed by atoms with Gasteiger partial charge in [-0.1, -0.05) is 18.2 Å². The number of aryl methyl sites for hydroxylation is 1. The molecule has 0 atom stereocenters. The summed E-state index contributed by atoms with van der Waals surface area (Å²) in [5, 5.41) is 7.57. The van der Waals surface area contributed by atoms with Crippen LogP contribution in [0.3, 0.4) is 0 Å². The van der Waals surface area contributed by atoms with Crippen LogP contribution < -0.4 is 14.8 Å². The Hall–Kier alpha value is -2.01. The van der Waals surface area contributed by atoms with Gasteiger partial charge in [-0.25, -0.2) is 0 Å². The van der Waals surface area contributed by atoms with Crippen molar-refractivity contribution in [1.29, 1.82) is 0 Å². The molecule has 3 rings (SSSR count). The second-order valence-electron chi connectivity index (χ2n) is 5.31. The first kappa shape index (κ1) is 13.9. The fraction of sp³-hybridized carbons (Fsp3) is 0.438. The van der Waals surface area contributed by atoms with Crippen LogP contribution >= 0.6 is 0 Å². The van der Waals surface area contributed by atoms with Crippen molar-refractivity contribution in [3.8, 4) is 11.5 Å². The third kappa shape index (κ3) is 4.23. The summed E-state index contributed by atoms with van der Waals surface area (Å²) in [4.78, 5) is 0. The lowest BCUT2D eigenvalue weighted by atomic mass is 10.2. The molecule has 21 heavy (non-hydrogen) atoms. The number of hydrogen-bond acceptors (Lipinski definition) is 4. The van der Waals surface area contributed by atoms with E-state index in [1.165, 1.54) is 18.4 Å². The van der Waals surface area contributed by atoms with E-state index in [2.05, 4.69) is 16.5 Å². The minimum atomic E-state index is 0.510. The van der Waals surface area contributed by atoms with Crippen molar-refractivity contribution >= 4 is 0 Å². The number of benzene rings is 1. The zero-order chi connectivity index (χ0) is 14.5. The van der Waals surface area contributed by atoms with Crippen LogP contribution in [-0.4, -0.2) is 29.0 Å². The largest absolute Gasteiger partial charge is 0.490 e. The van der Waals surface area contributed by atoms with Crippen molar-refractivity contribution in [1.82, 2.24) is 15.1 Å². The normalized spacial score (nSPS) is 14.1. The Bertz CT molecular complexity index is 578. The molecule has 0 radical (unpaired) electrons. The molecule has 1 fully saturated rings. The maximum atomic E-state index is 5.83. The molecule has 1 aromatic heterocycles. The van der Waals surface area contributed by atoms with Gasteiger partial charge in [-0.05, 0) is 18.9 Å². The molecule has 0 saturated heterocycles. The van der Waals surface area contributed by atoms with E-state index >= 15 is 0 Å². The molecule has 1 aliphatic carbocycles. The minimum absolute atomic E-state index is 0.510. The summed E-state index contributed by atoms with van der Waals surface area (Å²) >= 11 is 0. The van der Waals surface area contributed by atoms with Gasteiger partial charge in [-0.2, -0.15) is 5.10 Å². The Morgan fingerprint density at radius 2 is 2.05 bits per heavy atom. The van der Waals surface area contributed by atoms with Crippen LogP contribution in [0, 0.1) is 0 Å². The molecule has 1 saturated carbocycles. The predicted octanol–water partition coefficient (Wildman–Crippen LogP) is 2.13. The standard InChI is InChI=1S/C16H21N3O2/c1-19-12-15(11-18-19)20-8-9-21-16-5-3-2-4-13(16)10-17-14-6-7-14/h2-5,11-12,14,17H,6-10H2,1H3. The summed E-state index contributed by atoms with van der Waals surface area (Å²) in [6.07, 6.45) is 6.13. The maximum Gasteiger partial charge on any atom is 0.157 e. The molecule has 0 bridgehead atoms. The lowest BCUT2D eigenvalue weighted by molar-refractivity contribution is 0.215. The highest BCUT2D eigenvalue weighted by Crippen LogP contribution is 2.22. The Morgan fingerprint density at radius 1 is 1.24 bits per heavy atom. The smallest absolute Gasteiger partial charge is 0.157 e. The number of nitrogens with one attached hydrogen (secondary N) is 1. The lowest BCUT2D eigenvalue weighted by Crippen LogP contribution is -2.17. The summed E-state index contributed by atoms with van der Waals surface area (Å²) in [5.74, 6) is 1.70. The number of rotatable bonds is 8. The third-order valence-corrected chi connectivity index (χ3v) is 3.42. The predicted molar refractivity (Wildman–Crippen MR) is 80.5 cm³/mol. The van der Waals surface area contributed by atoms with Gasteiger partial charge in [-0.15, -0.1) is 0 Å². The first-order chi connectivity index (χ1) is 10.3. The summed E-state index contributed by atoms with van der Waals surface area (Å²) in [7, 11) is 1.87. The van der Waals surface area contributed by atoms with Gasteiger partial charge in [0.15, 0.2) is 5.75 Å². The number of nitrogens with zero attached hydrogens (tertiary/aromatic N) is 2. The molecule has 1 aliphatic rings. The van der Waals surface area contributed by atoms with Crippen molar-refractivity contribution in [2.75, 3.05) is 13.2 Å². The maximum absolute atomic E-state index is 5.83. The average Bonchev–Trinajstić information content (AvgIpc) is 3.24. The van der Waals surface area contributed by atoms with Crippen LogP contribution in [0.15, 0.2) is 36.7 Å². The van der Waals surface area contributed by atoms with Crippen molar-refractivity contribution in [2.24, 2.45) is 7.05 Å². The van der Waals surface area contributed by atoms with E-state index in [-0.39, 0.29) is 0 Å². The Morgan fingerprint density at radius 3 is 2.81 bits per heavy atom. The number of aromatic nitrogens is 2. The molecule has 0 unspecified atom stereocenters. The highest BCUT2D eigenvalue weighted by molar-refractivity contribution is 5.33. The van der Waals surface area contributed by atoms with Gasteiger partial charge in [0.1, 0.15) is 19.0 Å². The Kier molecular flexibility index (Phi) is 4.40. The molecule has 1 heterocycles. The number of para-hydroxylation sites is 1. The highest BCUT2D eigenvalue weighted by Gasteiger charge is 2.20. The van der Waals surface area contributed by atoms with E-state index in [1.54, 1.807) is 10.9 Å².